The van der Waals surface area contributed by atoms with E-state index in [0.717, 1.165) is 75.5 Å². The van der Waals surface area contributed by atoms with Crippen LogP contribution < -0.4 is 20.3 Å². The molecule has 0 bridgehead atoms. The maximum Gasteiger partial charge on any atom is 0.229 e. The molecule has 2 aromatic carbocycles. The molecule has 3 heterocycles. The number of benzene rings is 2. The minimum absolute atomic E-state index is 0.0597. The second-order valence-electron chi connectivity index (χ2n) is 11.9. The van der Waals surface area contributed by atoms with E-state index in [9.17, 15) is 13.9 Å². The number of methoxy groups -OCH3 is 1. The van der Waals surface area contributed by atoms with E-state index >= 15 is 0 Å². The van der Waals surface area contributed by atoms with Gasteiger partial charge in [-0.15, -0.1) is 0 Å². The first-order valence-corrected chi connectivity index (χ1v) is 15.4. The number of aryl methyl sites for hydroxylation is 1. The summed E-state index contributed by atoms with van der Waals surface area (Å²) in [5.74, 6) is -0.462. The van der Waals surface area contributed by atoms with Crippen LogP contribution in [0.2, 0.25) is 0 Å². The van der Waals surface area contributed by atoms with Crippen LogP contribution in [0, 0.1) is 18.6 Å². The fourth-order valence-corrected chi connectivity index (χ4v) is 6.29. The van der Waals surface area contributed by atoms with Gasteiger partial charge in [0, 0.05) is 74.9 Å². The van der Waals surface area contributed by atoms with Crippen LogP contribution in [0.15, 0.2) is 34.9 Å². The third-order valence-electron chi connectivity index (χ3n) is 8.29. The zero-order chi connectivity index (χ0) is 30.9. The van der Waals surface area contributed by atoms with Gasteiger partial charge in [-0.25, -0.2) is 13.8 Å². The number of rotatable bonds is 8. The number of likely N-dealkylation sites (N-methyl/N-ethyl adjacent to an activating group) is 1. The topological polar surface area (TPSA) is 89.0 Å². The van der Waals surface area contributed by atoms with Gasteiger partial charge in [0.2, 0.25) is 5.95 Å². The standard InChI is InChI=1S/C31H40BrF2N7O2/c1-19-14-24(27(43-5)17-26(19)41-8-6-21(7-9-41)40-12-10-39(4)11-13-40)37-30-35-18-22(32)29(38-30)36-25-16-20(33)15-23(34)28(25)31(2,3)42/h14-18,21,42H,6-13H2,1-5H3,(H2,35,36,37,38). The lowest BCUT2D eigenvalue weighted by molar-refractivity contribution is 0.0753. The van der Waals surface area contributed by atoms with E-state index in [1.54, 1.807) is 7.11 Å². The first-order chi connectivity index (χ1) is 20.4. The van der Waals surface area contributed by atoms with Crippen molar-refractivity contribution >= 4 is 44.8 Å². The predicted molar refractivity (Wildman–Crippen MR) is 170 cm³/mol. The number of nitrogens with zero attached hydrogens (tertiary/aromatic N) is 5. The van der Waals surface area contributed by atoms with E-state index in [4.69, 9.17) is 4.74 Å². The largest absolute Gasteiger partial charge is 0.494 e. The number of hydrogen-bond donors (Lipinski definition) is 3. The SMILES string of the molecule is COc1cc(N2CCC(N3CCN(C)CC3)CC2)c(C)cc1Nc1ncc(Br)c(Nc2cc(F)cc(F)c2C(C)(C)O)n1. The molecule has 3 N–H and O–H groups in total. The first-order valence-electron chi connectivity index (χ1n) is 14.6. The first kappa shape index (κ1) is 31.4. The van der Waals surface area contributed by atoms with E-state index in [2.05, 4.69) is 71.3 Å². The normalized spacial score (nSPS) is 17.3. The van der Waals surface area contributed by atoms with E-state index in [1.165, 1.54) is 20.0 Å². The zero-order valence-electron chi connectivity index (χ0n) is 25.3. The van der Waals surface area contributed by atoms with Crippen molar-refractivity contribution in [2.75, 3.05) is 69.0 Å². The molecule has 3 aromatic rings. The van der Waals surface area contributed by atoms with Gasteiger partial charge in [0.15, 0.2) is 0 Å². The van der Waals surface area contributed by atoms with E-state index in [0.29, 0.717) is 22.0 Å². The fourth-order valence-electron chi connectivity index (χ4n) is 6.00. The van der Waals surface area contributed by atoms with Crippen molar-refractivity contribution in [3.63, 3.8) is 0 Å². The summed E-state index contributed by atoms with van der Waals surface area (Å²) in [6.45, 7) is 11.5. The zero-order valence-corrected chi connectivity index (χ0v) is 26.9. The van der Waals surface area contributed by atoms with Crippen LogP contribution in [-0.2, 0) is 5.60 Å². The van der Waals surface area contributed by atoms with Gasteiger partial charge < -0.3 is 30.3 Å². The van der Waals surface area contributed by atoms with Crippen molar-refractivity contribution in [3.8, 4) is 5.75 Å². The second-order valence-corrected chi connectivity index (χ2v) is 12.8. The van der Waals surface area contributed by atoms with Crippen LogP contribution >= 0.6 is 15.9 Å². The minimum atomic E-state index is -1.56. The molecule has 0 aliphatic carbocycles. The van der Waals surface area contributed by atoms with Gasteiger partial charge in [-0.05, 0) is 74.3 Å². The van der Waals surface area contributed by atoms with Gasteiger partial charge >= 0.3 is 0 Å². The molecule has 9 nitrogen and oxygen atoms in total. The number of aliphatic hydroxyl groups is 1. The summed E-state index contributed by atoms with van der Waals surface area (Å²) in [6, 6.07) is 6.57. The molecule has 5 rings (SSSR count). The fraction of sp³-hybridized carbons (Fsp3) is 0.484. The van der Waals surface area contributed by atoms with Crippen molar-refractivity contribution in [1.29, 1.82) is 0 Å². The van der Waals surface area contributed by atoms with Gasteiger partial charge in [0.1, 0.15) is 23.2 Å². The molecule has 2 aliphatic rings. The summed E-state index contributed by atoms with van der Waals surface area (Å²) in [7, 11) is 3.82. The van der Waals surface area contributed by atoms with Gasteiger partial charge in [0.05, 0.1) is 28.6 Å². The summed E-state index contributed by atoms with van der Waals surface area (Å²) >= 11 is 3.41. The predicted octanol–water partition coefficient (Wildman–Crippen LogP) is 5.77. The molecule has 232 valence electrons. The van der Waals surface area contributed by atoms with Crippen molar-refractivity contribution in [2.45, 2.75) is 45.3 Å². The smallest absolute Gasteiger partial charge is 0.229 e. The van der Waals surface area contributed by atoms with Crippen LogP contribution in [0.1, 0.15) is 37.8 Å². The van der Waals surface area contributed by atoms with E-state index in [1.807, 2.05) is 6.07 Å². The van der Waals surface area contributed by atoms with Crippen molar-refractivity contribution in [1.82, 2.24) is 19.8 Å². The second kappa shape index (κ2) is 12.9. The molecule has 2 saturated heterocycles. The quantitative estimate of drug-likeness (QED) is 0.279. The highest BCUT2D eigenvalue weighted by Gasteiger charge is 2.28. The molecule has 2 fully saturated rings. The average molecular weight is 661 g/mol. The number of aromatic nitrogens is 2. The molecule has 1 aromatic heterocycles. The molecule has 0 atom stereocenters. The van der Waals surface area contributed by atoms with Gasteiger partial charge in [-0.1, -0.05) is 0 Å². The highest BCUT2D eigenvalue weighted by atomic mass is 79.9. The number of nitrogens with one attached hydrogen (secondary N) is 2. The number of piperidine rings is 1. The maximum absolute atomic E-state index is 14.7. The van der Waals surface area contributed by atoms with Crippen LogP contribution in [0.5, 0.6) is 5.75 Å². The summed E-state index contributed by atoms with van der Waals surface area (Å²) < 4.78 is 35.0. The summed E-state index contributed by atoms with van der Waals surface area (Å²) in [5, 5.41) is 16.7. The van der Waals surface area contributed by atoms with Crippen LogP contribution in [0.3, 0.4) is 0 Å². The summed E-state index contributed by atoms with van der Waals surface area (Å²) in [6.07, 6.45) is 3.81. The Balaban J connectivity index is 1.33. The van der Waals surface area contributed by atoms with E-state index in [-0.39, 0.29) is 23.0 Å². The summed E-state index contributed by atoms with van der Waals surface area (Å²) in [5.41, 5.74) is 1.36. The number of hydrogen-bond acceptors (Lipinski definition) is 9. The van der Waals surface area contributed by atoms with Crippen LogP contribution in [-0.4, -0.2) is 84.3 Å². The Bertz CT molecular complexity index is 1450. The van der Waals surface area contributed by atoms with Gasteiger partial charge in [-0.3, -0.25) is 4.90 Å². The van der Waals surface area contributed by atoms with E-state index < -0.39 is 17.2 Å². The molecule has 0 spiro atoms. The van der Waals surface area contributed by atoms with Crippen molar-refractivity contribution < 1.29 is 18.6 Å². The highest BCUT2D eigenvalue weighted by Crippen LogP contribution is 2.38. The lowest BCUT2D eigenvalue weighted by Gasteiger charge is -2.43. The number of anilines is 5. The van der Waals surface area contributed by atoms with Crippen LogP contribution in [0.4, 0.5) is 37.6 Å². The lowest BCUT2D eigenvalue weighted by atomic mass is 9.95. The highest BCUT2D eigenvalue weighted by molar-refractivity contribution is 9.10. The average Bonchev–Trinajstić information content (AvgIpc) is 2.94. The van der Waals surface area contributed by atoms with Crippen molar-refractivity contribution in [3.05, 3.63) is 57.7 Å². The Morgan fingerprint density at radius 2 is 1.70 bits per heavy atom. The Morgan fingerprint density at radius 1 is 1.00 bits per heavy atom. The van der Waals surface area contributed by atoms with Gasteiger partial charge in [0.25, 0.3) is 0 Å². The number of ether oxygens (including phenoxy) is 1. The Labute approximate surface area is 260 Å². The molecule has 43 heavy (non-hydrogen) atoms. The molecule has 2 aliphatic heterocycles. The third kappa shape index (κ3) is 7.19. The summed E-state index contributed by atoms with van der Waals surface area (Å²) in [4.78, 5) is 16.4. The Hall–Kier alpha value is -3.06. The molecular weight excluding hydrogens is 620 g/mol. The van der Waals surface area contributed by atoms with Gasteiger partial charge in [-0.2, -0.15) is 4.98 Å². The Kier molecular flexibility index (Phi) is 9.40. The van der Waals surface area contributed by atoms with Crippen LogP contribution in [0.25, 0.3) is 0 Å². The molecule has 0 radical (unpaired) electrons. The maximum atomic E-state index is 14.7. The molecule has 12 heteroatoms. The molecule has 0 unspecified atom stereocenters. The number of piperazine rings is 1. The number of halogens is 3. The lowest BCUT2D eigenvalue weighted by Crippen LogP contribution is -2.52. The third-order valence-corrected chi connectivity index (χ3v) is 8.87. The minimum Gasteiger partial charge on any atom is -0.494 e. The molecule has 0 amide bonds. The molecular formula is C31H40BrF2N7O2. The van der Waals surface area contributed by atoms with Crippen molar-refractivity contribution in [2.24, 2.45) is 0 Å². The molecule has 0 saturated carbocycles. The Morgan fingerprint density at radius 3 is 2.35 bits per heavy atom. The monoisotopic (exact) mass is 659 g/mol.